The Balaban J connectivity index is 1.30. The first-order chi connectivity index (χ1) is 18.2. The maximum absolute atomic E-state index is 13.7. The van der Waals surface area contributed by atoms with Crippen LogP contribution in [0.15, 0.2) is 78.8 Å². The van der Waals surface area contributed by atoms with Gasteiger partial charge < -0.3 is 19.7 Å². The zero-order valence-electron chi connectivity index (χ0n) is 21.2. The van der Waals surface area contributed by atoms with Crippen LogP contribution in [-0.2, 0) is 5.41 Å². The summed E-state index contributed by atoms with van der Waals surface area (Å²) >= 11 is 0. The molecule has 1 saturated heterocycles. The number of benzene rings is 2. The number of rotatable bonds is 3. The van der Waals surface area contributed by atoms with Gasteiger partial charge in [0.1, 0.15) is 17.1 Å². The highest BCUT2D eigenvalue weighted by Crippen LogP contribution is 2.51. The Hall–Kier alpha value is -4.72. The van der Waals surface area contributed by atoms with Crippen LogP contribution in [-0.4, -0.2) is 43.5 Å². The van der Waals surface area contributed by atoms with Gasteiger partial charge in [-0.05, 0) is 67.3 Å². The predicted octanol–water partition coefficient (Wildman–Crippen LogP) is 4.73. The maximum atomic E-state index is 13.7. The summed E-state index contributed by atoms with van der Waals surface area (Å²) in [6.07, 6.45) is 4.94. The van der Waals surface area contributed by atoms with Crippen LogP contribution in [0.4, 0.5) is 5.69 Å². The third-order valence-electron chi connectivity index (χ3n) is 7.89. The zero-order valence-corrected chi connectivity index (χ0v) is 21.2. The average molecular weight is 507 g/mol. The molecule has 8 heteroatoms. The van der Waals surface area contributed by atoms with Gasteiger partial charge in [0.2, 0.25) is 0 Å². The number of phenolic OH excluding ortho intramolecular Hbond substituents is 1. The molecule has 3 heterocycles. The first kappa shape index (κ1) is 23.7. The number of phenols is 1. The number of fused-ring (bicyclic) bond motifs is 4. The molecule has 8 nitrogen and oxygen atoms in total. The van der Waals surface area contributed by atoms with Crippen LogP contribution in [0.2, 0.25) is 0 Å². The molecule has 2 amide bonds. The van der Waals surface area contributed by atoms with E-state index in [0.717, 1.165) is 11.1 Å². The van der Waals surface area contributed by atoms with Crippen LogP contribution in [0.1, 0.15) is 56.2 Å². The number of nitrogens with one attached hydrogen (secondary N) is 1. The van der Waals surface area contributed by atoms with Crippen molar-refractivity contribution in [2.75, 3.05) is 11.9 Å². The Labute approximate surface area is 219 Å². The van der Waals surface area contributed by atoms with E-state index < -0.39 is 5.41 Å². The molecule has 2 aliphatic rings. The normalized spacial score (nSPS) is 20.2. The Morgan fingerprint density at radius 2 is 1.84 bits per heavy atom. The third kappa shape index (κ3) is 3.52. The van der Waals surface area contributed by atoms with E-state index in [4.69, 9.17) is 0 Å². The highest BCUT2D eigenvalue weighted by atomic mass is 16.3. The molecule has 2 N–H and O–H groups in total. The van der Waals surface area contributed by atoms with Crippen molar-refractivity contribution in [2.24, 2.45) is 5.92 Å². The van der Waals surface area contributed by atoms with Gasteiger partial charge in [-0.1, -0.05) is 25.1 Å². The van der Waals surface area contributed by atoms with Gasteiger partial charge in [0.15, 0.2) is 5.78 Å². The Kier molecular flexibility index (Phi) is 5.24. The van der Waals surface area contributed by atoms with E-state index in [-0.39, 0.29) is 35.0 Å². The van der Waals surface area contributed by atoms with E-state index >= 15 is 0 Å². The first-order valence-corrected chi connectivity index (χ1v) is 12.4. The molecule has 1 fully saturated rings. The van der Waals surface area contributed by atoms with Crippen molar-refractivity contribution in [1.29, 1.82) is 0 Å². The summed E-state index contributed by atoms with van der Waals surface area (Å²) in [5.74, 6) is -0.499. The molecule has 0 saturated carbocycles. The lowest BCUT2D eigenvalue weighted by atomic mass is 9.66. The van der Waals surface area contributed by atoms with Crippen molar-refractivity contribution >= 4 is 28.9 Å². The number of imidazole rings is 1. The molecule has 4 aromatic rings. The minimum absolute atomic E-state index is 0.0824. The van der Waals surface area contributed by atoms with Gasteiger partial charge in [-0.25, -0.2) is 4.98 Å². The molecular formula is C30H26N4O4. The highest BCUT2D eigenvalue weighted by Gasteiger charge is 2.52. The van der Waals surface area contributed by atoms with E-state index in [2.05, 4.69) is 24.1 Å². The smallest absolute Gasteiger partial charge is 0.278 e. The predicted molar refractivity (Wildman–Crippen MR) is 142 cm³/mol. The number of likely N-dealkylation sites (tertiary alicyclic amines) is 1. The van der Waals surface area contributed by atoms with Crippen LogP contribution in [0, 0.1) is 12.8 Å². The number of carbonyl (C=O) groups is 3. The number of aryl methyl sites for hydroxylation is 1. The highest BCUT2D eigenvalue weighted by molar-refractivity contribution is 6.09. The van der Waals surface area contributed by atoms with Gasteiger partial charge in [0, 0.05) is 47.3 Å². The van der Waals surface area contributed by atoms with E-state index in [1.807, 2.05) is 25.1 Å². The Morgan fingerprint density at radius 1 is 1.08 bits per heavy atom. The standard InChI is InChI=1S/C30H26N4O4/c1-17-5-4-6-22-24(36)13-25-30(3,27(17)22)18(2)14-34(25)29(38)23-16-33-15-20(9-12-26(33)32-23)31-28(37)19-7-10-21(35)11-8-19/h4-13,15-16,18,35H,14H2,1-3H3,(H,31,37)/t18-,30+/m1/s1. The lowest BCUT2D eigenvalue weighted by Crippen LogP contribution is -2.36. The van der Waals surface area contributed by atoms with Crippen LogP contribution >= 0.6 is 0 Å². The van der Waals surface area contributed by atoms with Gasteiger partial charge in [0.25, 0.3) is 11.8 Å². The molecule has 2 aromatic carbocycles. The second kappa shape index (κ2) is 8.41. The molecule has 1 aliphatic carbocycles. The Bertz CT molecular complexity index is 1680. The van der Waals surface area contributed by atoms with Crippen LogP contribution in [0.25, 0.3) is 5.65 Å². The number of aromatic nitrogens is 2. The SMILES string of the molecule is Cc1cccc2c1[C@]1(C)C(=CC2=O)N(C(=O)c2cn3cc(NC(=O)c4ccc(O)cc4)ccc3n2)C[C@H]1C. The van der Waals surface area contributed by atoms with Gasteiger partial charge in [-0.3, -0.25) is 14.4 Å². The number of allylic oxidation sites excluding steroid dienone is 2. The van der Waals surface area contributed by atoms with Crippen molar-refractivity contribution in [2.45, 2.75) is 26.2 Å². The monoisotopic (exact) mass is 506 g/mol. The van der Waals surface area contributed by atoms with Crippen LogP contribution < -0.4 is 5.32 Å². The van der Waals surface area contributed by atoms with Gasteiger partial charge in [-0.2, -0.15) is 0 Å². The van der Waals surface area contributed by atoms with E-state index in [0.29, 0.717) is 34.7 Å². The summed E-state index contributed by atoms with van der Waals surface area (Å²) in [7, 11) is 0. The maximum Gasteiger partial charge on any atom is 0.278 e. The van der Waals surface area contributed by atoms with Crippen molar-refractivity contribution in [3.05, 3.63) is 107 Å². The number of hydrogen-bond donors (Lipinski definition) is 2. The molecule has 2 atom stereocenters. The van der Waals surface area contributed by atoms with Crippen molar-refractivity contribution < 1.29 is 19.5 Å². The Morgan fingerprint density at radius 3 is 2.61 bits per heavy atom. The number of pyridine rings is 1. The lowest BCUT2D eigenvalue weighted by Gasteiger charge is -2.37. The number of hydrogen-bond acceptors (Lipinski definition) is 5. The van der Waals surface area contributed by atoms with Gasteiger partial charge in [-0.15, -0.1) is 0 Å². The van der Waals surface area contributed by atoms with E-state index in [1.54, 1.807) is 39.9 Å². The molecule has 0 bridgehead atoms. The zero-order chi connectivity index (χ0) is 26.8. The second-order valence-electron chi connectivity index (χ2n) is 10.2. The van der Waals surface area contributed by atoms with E-state index in [1.165, 1.54) is 24.3 Å². The fourth-order valence-corrected chi connectivity index (χ4v) is 5.77. The fraction of sp³-hybridized carbons (Fsp3) is 0.200. The number of anilines is 1. The number of nitrogens with zero attached hydrogens (tertiary/aromatic N) is 3. The number of ketones is 1. The summed E-state index contributed by atoms with van der Waals surface area (Å²) in [6, 6.07) is 15.2. The fourth-order valence-electron chi connectivity index (χ4n) is 5.77. The van der Waals surface area contributed by atoms with E-state index in [9.17, 15) is 19.5 Å². The van der Waals surface area contributed by atoms with Crippen LogP contribution in [0.3, 0.4) is 0 Å². The summed E-state index contributed by atoms with van der Waals surface area (Å²) in [4.78, 5) is 45.6. The molecule has 2 aromatic heterocycles. The largest absolute Gasteiger partial charge is 0.508 e. The van der Waals surface area contributed by atoms with Gasteiger partial charge in [0.05, 0.1) is 5.69 Å². The third-order valence-corrected chi connectivity index (χ3v) is 7.89. The molecule has 0 radical (unpaired) electrons. The minimum Gasteiger partial charge on any atom is -0.508 e. The summed E-state index contributed by atoms with van der Waals surface area (Å²) in [5, 5.41) is 12.3. The summed E-state index contributed by atoms with van der Waals surface area (Å²) < 4.78 is 1.69. The van der Waals surface area contributed by atoms with Crippen molar-refractivity contribution in [3.8, 4) is 5.75 Å². The van der Waals surface area contributed by atoms with Crippen LogP contribution in [0.5, 0.6) is 5.75 Å². The average Bonchev–Trinajstić information content (AvgIpc) is 3.43. The van der Waals surface area contributed by atoms with Crippen molar-refractivity contribution in [3.63, 3.8) is 0 Å². The molecule has 190 valence electrons. The molecule has 0 spiro atoms. The second-order valence-corrected chi connectivity index (χ2v) is 10.2. The number of carbonyl (C=O) groups excluding carboxylic acids is 3. The molecule has 38 heavy (non-hydrogen) atoms. The summed E-state index contributed by atoms with van der Waals surface area (Å²) in [6.45, 7) is 6.71. The summed E-state index contributed by atoms with van der Waals surface area (Å²) in [5.41, 5.74) is 4.73. The first-order valence-electron chi connectivity index (χ1n) is 12.4. The molecule has 0 unspecified atom stereocenters. The van der Waals surface area contributed by atoms with Gasteiger partial charge >= 0.3 is 0 Å². The topological polar surface area (TPSA) is 104 Å². The lowest BCUT2D eigenvalue weighted by molar-refractivity contribution is 0.0812. The number of amides is 2. The van der Waals surface area contributed by atoms with Crippen molar-refractivity contribution in [1.82, 2.24) is 14.3 Å². The number of aromatic hydroxyl groups is 1. The molecule has 1 aliphatic heterocycles. The molecule has 6 rings (SSSR count). The quantitative estimate of drug-likeness (QED) is 0.418. The molecular weight excluding hydrogens is 480 g/mol. The minimum atomic E-state index is -0.463.